The molecule has 2 heterocycles. The first-order valence-electron chi connectivity index (χ1n) is 6.23. The maximum absolute atomic E-state index is 13.2. The highest BCUT2D eigenvalue weighted by atomic mass is 35.5. The quantitative estimate of drug-likeness (QED) is 0.570. The maximum Gasteiger partial charge on any atom is 0.347 e. The first kappa shape index (κ1) is 15.4. The number of hydrogen-bond acceptors (Lipinski definition) is 3. The van der Waals surface area contributed by atoms with Gasteiger partial charge in [-0.2, -0.15) is 0 Å². The summed E-state index contributed by atoms with van der Waals surface area (Å²) in [5.74, 6) is 2.03. The highest BCUT2D eigenvalue weighted by Gasteiger charge is 2.46. The number of nitrogens with zero attached hydrogens (tertiary/aromatic N) is 2. The summed E-state index contributed by atoms with van der Waals surface area (Å²) in [5, 5.41) is 0.325. The van der Waals surface area contributed by atoms with Gasteiger partial charge in [0, 0.05) is 31.4 Å². The van der Waals surface area contributed by atoms with Gasteiger partial charge >= 0.3 is 7.67 Å². The molecule has 18 heavy (non-hydrogen) atoms. The van der Waals surface area contributed by atoms with E-state index in [1.165, 1.54) is 0 Å². The Morgan fingerprint density at radius 1 is 1.39 bits per heavy atom. The van der Waals surface area contributed by atoms with Gasteiger partial charge < -0.3 is 4.52 Å². The van der Waals surface area contributed by atoms with Gasteiger partial charge in [0.25, 0.3) is 0 Å². The largest absolute Gasteiger partial charge is 0.347 e. The molecule has 0 saturated carbocycles. The Labute approximate surface area is 123 Å². The van der Waals surface area contributed by atoms with Crippen LogP contribution in [0.15, 0.2) is 0 Å². The van der Waals surface area contributed by atoms with Crippen molar-refractivity contribution in [2.75, 3.05) is 43.8 Å². The van der Waals surface area contributed by atoms with E-state index in [9.17, 15) is 4.57 Å². The van der Waals surface area contributed by atoms with Crippen LogP contribution in [0.4, 0.5) is 0 Å². The highest BCUT2D eigenvalue weighted by Crippen LogP contribution is 2.60. The van der Waals surface area contributed by atoms with Crippen molar-refractivity contribution in [3.63, 3.8) is 0 Å². The smallest absolute Gasteiger partial charge is 0.306 e. The number of rotatable bonds is 5. The minimum Gasteiger partial charge on any atom is -0.306 e. The normalized spacial score (nSPS) is 33.6. The van der Waals surface area contributed by atoms with E-state index < -0.39 is 7.67 Å². The van der Waals surface area contributed by atoms with Gasteiger partial charge in [-0.1, -0.05) is 0 Å². The summed E-state index contributed by atoms with van der Waals surface area (Å²) >= 11 is 13.5. The van der Waals surface area contributed by atoms with E-state index in [1.807, 2.05) is 21.1 Å². The van der Waals surface area contributed by atoms with Crippen molar-refractivity contribution < 1.29 is 9.09 Å². The Bertz CT molecular complexity index is 316. The van der Waals surface area contributed by atoms with Crippen molar-refractivity contribution in [1.82, 2.24) is 9.34 Å². The third-order valence-corrected chi connectivity index (χ3v) is 7.82. The van der Waals surface area contributed by atoms with Crippen molar-refractivity contribution in [2.45, 2.75) is 18.2 Å². The molecule has 0 bridgehead atoms. The maximum atomic E-state index is 13.2. The minimum atomic E-state index is -2.91. The zero-order chi connectivity index (χ0) is 13.0. The molecule has 0 spiro atoms. The molecule has 2 aliphatic heterocycles. The minimum absolute atomic E-state index is 0.325. The van der Waals surface area contributed by atoms with Crippen LogP contribution in [0.2, 0.25) is 0 Å². The summed E-state index contributed by atoms with van der Waals surface area (Å²) in [4.78, 5) is 0. The molecule has 0 N–H and O–H groups in total. The molecule has 0 radical (unpaired) electrons. The van der Waals surface area contributed by atoms with Gasteiger partial charge in [-0.15, -0.1) is 35.0 Å². The molecule has 2 unspecified atom stereocenters. The van der Waals surface area contributed by atoms with Crippen LogP contribution in [-0.2, 0) is 9.09 Å². The standard InChI is InChI=1S/C10H19Cl2N2O2PS/c11-3-6-13(7-4-12)17(15)14-5-1-9-18-10(14)2-8-16-17/h10H,1-9H2. The van der Waals surface area contributed by atoms with Crippen LogP contribution < -0.4 is 0 Å². The lowest BCUT2D eigenvalue weighted by molar-refractivity contribution is 0.155. The first-order valence-corrected chi connectivity index (χ1v) is 9.88. The SMILES string of the molecule is O=P1(N(CCCl)CCCl)OCCC2SCCCN21. The summed E-state index contributed by atoms with van der Waals surface area (Å²) in [5.41, 5.74) is 0. The number of halogens is 2. The fourth-order valence-electron chi connectivity index (χ4n) is 2.35. The molecule has 2 saturated heterocycles. The van der Waals surface area contributed by atoms with Crippen LogP contribution in [0.25, 0.3) is 0 Å². The molecule has 0 aromatic rings. The van der Waals surface area contributed by atoms with Gasteiger partial charge in [-0.3, -0.25) is 4.57 Å². The second-order valence-electron chi connectivity index (χ2n) is 4.29. The van der Waals surface area contributed by atoms with Crippen LogP contribution in [0.5, 0.6) is 0 Å². The van der Waals surface area contributed by atoms with Gasteiger partial charge in [-0.05, 0) is 18.6 Å². The van der Waals surface area contributed by atoms with Crippen molar-refractivity contribution >= 4 is 42.6 Å². The average Bonchev–Trinajstić information content (AvgIpc) is 2.39. The van der Waals surface area contributed by atoms with Crippen molar-refractivity contribution in [2.24, 2.45) is 0 Å². The van der Waals surface area contributed by atoms with Crippen molar-refractivity contribution in [1.29, 1.82) is 0 Å². The Hall–Kier alpha value is 1.04. The topological polar surface area (TPSA) is 32.8 Å². The Kier molecular flexibility index (Phi) is 6.14. The van der Waals surface area contributed by atoms with E-state index in [0.717, 1.165) is 25.1 Å². The summed E-state index contributed by atoms with van der Waals surface area (Å²) in [6.07, 6.45) is 2.01. The summed E-state index contributed by atoms with van der Waals surface area (Å²) < 4.78 is 22.7. The van der Waals surface area contributed by atoms with E-state index in [-0.39, 0.29) is 0 Å². The molecule has 106 valence electrons. The third kappa shape index (κ3) is 3.20. The average molecular weight is 333 g/mol. The van der Waals surface area contributed by atoms with Crippen LogP contribution in [0.1, 0.15) is 12.8 Å². The zero-order valence-electron chi connectivity index (χ0n) is 10.3. The lowest BCUT2D eigenvalue weighted by atomic mass is 10.4. The number of thioether (sulfide) groups is 1. The molecule has 2 aliphatic rings. The second kappa shape index (κ2) is 7.16. The molecule has 0 aromatic carbocycles. The zero-order valence-corrected chi connectivity index (χ0v) is 13.5. The van der Waals surface area contributed by atoms with Crippen LogP contribution in [0.3, 0.4) is 0 Å². The van der Waals surface area contributed by atoms with Crippen LogP contribution in [0, 0.1) is 0 Å². The first-order chi connectivity index (χ1) is 8.72. The molecule has 0 aromatic heterocycles. The summed E-state index contributed by atoms with van der Waals surface area (Å²) in [7, 11) is -2.91. The van der Waals surface area contributed by atoms with E-state index in [2.05, 4.69) is 0 Å². The Balaban J connectivity index is 2.16. The van der Waals surface area contributed by atoms with Gasteiger partial charge in [0.05, 0.1) is 12.0 Å². The fourth-order valence-corrected chi connectivity index (χ4v) is 7.18. The monoisotopic (exact) mass is 332 g/mol. The van der Waals surface area contributed by atoms with Gasteiger partial charge in [-0.25, -0.2) is 9.34 Å². The Morgan fingerprint density at radius 2 is 2.11 bits per heavy atom. The molecule has 2 atom stereocenters. The van der Waals surface area contributed by atoms with Crippen LogP contribution >= 0.6 is 42.6 Å². The van der Waals surface area contributed by atoms with Crippen LogP contribution in [-0.4, -0.2) is 58.5 Å². The van der Waals surface area contributed by atoms with E-state index in [4.69, 9.17) is 27.7 Å². The molecule has 8 heteroatoms. The second-order valence-corrected chi connectivity index (χ2v) is 8.65. The van der Waals surface area contributed by atoms with E-state index >= 15 is 0 Å². The highest BCUT2D eigenvalue weighted by molar-refractivity contribution is 8.00. The van der Waals surface area contributed by atoms with E-state index in [0.29, 0.717) is 36.8 Å². The van der Waals surface area contributed by atoms with E-state index in [1.54, 1.807) is 0 Å². The van der Waals surface area contributed by atoms with Gasteiger partial charge in [0.15, 0.2) is 0 Å². The molecule has 0 aliphatic carbocycles. The molecular weight excluding hydrogens is 314 g/mol. The predicted octanol–water partition coefficient (Wildman–Crippen LogP) is 3.06. The third-order valence-electron chi connectivity index (χ3n) is 3.17. The lowest BCUT2D eigenvalue weighted by Crippen LogP contribution is -2.45. The summed E-state index contributed by atoms with van der Waals surface area (Å²) in [6, 6.07) is 0. The molecule has 2 fully saturated rings. The van der Waals surface area contributed by atoms with Crippen molar-refractivity contribution in [3.8, 4) is 0 Å². The number of fused-ring (bicyclic) bond motifs is 1. The molecular formula is C10H19Cl2N2O2PS. The van der Waals surface area contributed by atoms with Gasteiger partial charge in [0.1, 0.15) is 0 Å². The van der Waals surface area contributed by atoms with Crippen molar-refractivity contribution in [3.05, 3.63) is 0 Å². The lowest BCUT2D eigenvalue weighted by Gasteiger charge is -2.46. The fraction of sp³-hybridized carbons (Fsp3) is 1.00. The molecule has 4 nitrogen and oxygen atoms in total. The predicted molar refractivity (Wildman–Crippen MR) is 78.8 cm³/mol. The number of hydrogen-bond donors (Lipinski definition) is 0. The Morgan fingerprint density at radius 3 is 2.78 bits per heavy atom. The molecule has 0 amide bonds. The van der Waals surface area contributed by atoms with Gasteiger partial charge in [0.2, 0.25) is 0 Å². The summed E-state index contributed by atoms with van der Waals surface area (Å²) in [6.45, 7) is 2.52. The molecule has 2 rings (SSSR count). The number of alkyl halides is 2.